The van der Waals surface area contributed by atoms with Gasteiger partial charge >= 0.3 is 0 Å². The van der Waals surface area contributed by atoms with Gasteiger partial charge in [0.15, 0.2) is 0 Å². The van der Waals surface area contributed by atoms with Gasteiger partial charge in [0.1, 0.15) is 5.82 Å². The van der Waals surface area contributed by atoms with Gasteiger partial charge in [0, 0.05) is 17.1 Å². The summed E-state index contributed by atoms with van der Waals surface area (Å²) in [5, 5.41) is 2.60. The van der Waals surface area contributed by atoms with Gasteiger partial charge in [0.2, 0.25) is 0 Å². The summed E-state index contributed by atoms with van der Waals surface area (Å²) >= 11 is 0. The zero-order valence-corrected chi connectivity index (χ0v) is 23.4. The SMILES string of the molecule is C[Si](C)(C)c1ccc(-c2ccc(-c3cnc4cc(-c5ccc(-c6ccc(F)cc6)cc5)ccc4c3)cc2)cc1. The zero-order chi connectivity index (χ0) is 27.0. The molecule has 0 aliphatic rings. The molecule has 0 saturated heterocycles. The lowest BCUT2D eigenvalue weighted by Gasteiger charge is -2.16. The van der Waals surface area contributed by atoms with Gasteiger partial charge in [0.25, 0.3) is 0 Å². The summed E-state index contributed by atoms with van der Waals surface area (Å²) in [6.07, 6.45) is 1.96. The summed E-state index contributed by atoms with van der Waals surface area (Å²) in [4.78, 5) is 4.80. The molecule has 3 heteroatoms. The second-order valence-corrected chi connectivity index (χ2v) is 16.2. The Balaban J connectivity index is 1.22. The van der Waals surface area contributed by atoms with Crippen LogP contribution >= 0.6 is 0 Å². The highest BCUT2D eigenvalue weighted by molar-refractivity contribution is 6.88. The van der Waals surface area contributed by atoms with Crippen molar-refractivity contribution in [3.63, 3.8) is 0 Å². The molecule has 1 nitrogen and oxygen atoms in total. The number of hydrogen-bond donors (Lipinski definition) is 0. The molecule has 0 fully saturated rings. The molecule has 39 heavy (non-hydrogen) atoms. The van der Waals surface area contributed by atoms with Crippen LogP contribution in [-0.4, -0.2) is 13.1 Å². The highest BCUT2D eigenvalue weighted by Gasteiger charge is 2.15. The molecule has 0 aliphatic heterocycles. The Morgan fingerprint density at radius 3 is 1.38 bits per heavy atom. The van der Waals surface area contributed by atoms with Gasteiger partial charge in [-0.2, -0.15) is 0 Å². The van der Waals surface area contributed by atoms with Crippen LogP contribution in [0, 0.1) is 5.82 Å². The third kappa shape index (κ3) is 5.32. The van der Waals surface area contributed by atoms with Crippen molar-refractivity contribution in [2.45, 2.75) is 19.6 Å². The molecule has 190 valence electrons. The molecule has 0 saturated carbocycles. The van der Waals surface area contributed by atoms with Gasteiger partial charge < -0.3 is 0 Å². The fourth-order valence-electron chi connectivity index (χ4n) is 4.97. The maximum absolute atomic E-state index is 13.3. The lowest BCUT2D eigenvalue weighted by atomic mass is 9.98. The van der Waals surface area contributed by atoms with Crippen molar-refractivity contribution in [2.75, 3.05) is 0 Å². The average molecular weight is 524 g/mol. The Labute approximate surface area is 230 Å². The van der Waals surface area contributed by atoms with Crippen LogP contribution < -0.4 is 5.19 Å². The van der Waals surface area contributed by atoms with Crippen molar-refractivity contribution in [3.05, 3.63) is 133 Å². The molecule has 0 aliphatic carbocycles. The molecule has 0 radical (unpaired) electrons. The Kier molecular flexibility index (Phi) is 6.46. The summed E-state index contributed by atoms with van der Waals surface area (Å²) in [5.74, 6) is -0.220. The first-order valence-corrected chi connectivity index (χ1v) is 16.8. The monoisotopic (exact) mass is 523 g/mol. The maximum Gasteiger partial charge on any atom is 0.123 e. The predicted octanol–water partition coefficient (Wildman–Crippen LogP) is 9.59. The van der Waals surface area contributed by atoms with E-state index in [1.54, 1.807) is 12.1 Å². The Morgan fingerprint density at radius 1 is 0.462 bits per heavy atom. The van der Waals surface area contributed by atoms with Crippen LogP contribution in [0.15, 0.2) is 128 Å². The van der Waals surface area contributed by atoms with Crippen LogP contribution in [0.3, 0.4) is 0 Å². The van der Waals surface area contributed by atoms with Crippen LogP contribution in [-0.2, 0) is 0 Å². The van der Waals surface area contributed by atoms with E-state index in [1.807, 2.05) is 6.20 Å². The lowest BCUT2D eigenvalue weighted by molar-refractivity contribution is 0.628. The maximum atomic E-state index is 13.3. The van der Waals surface area contributed by atoms with Crippen LogP contribution in [0.4, 0.5) is 4.39 Å². The summed E-state index contributed by atoms with van der Waals surface area (Å²) in [5.41, 5.74) is 10.0. The van der Waals surface area contributed by atoms with Gasteiger partial charge in [0.05, 0.1) is 13.6 Å². The molecule has 0 bridgehead atoms. The number of fused-ring (bicyclic) bond motifs is 1. The van der Waals surface area contributed by atoms with E-state index in [1.165, 1.54) is 28.4 Å². The van der Waals surface area contributed by atoms with E-state index in [2.05, 4.69) is 117 Å². The molecular formula is C36H30FNSi. The summed E-state index contributed by atoms with van der Waals surface area (Å²) in [7, 11) is -1.29. The van der Waals surface area contributed by atoms with Gasteiger partial charge in [-0.3, -0.25) is 4.98 Å². The molecule has 0 N–H and O–H groups in total. The van der Waals surface area contributed by atoms with E-state index in [0.29, 0.717) is 0 Å². The first kappa shape index (κ1) is 25.0. The molecule has 0 amide bonds. The van der Waals surface area contributed by atoms with Crippen molar-refractivity contribution >= 4 is 24.2 Å². The van der Waals surface area contributed by atoms with E-state index in [0.717, 1.165) is 44.3 Å². The molecule has 0 spiro atoms. The van der Waals surface area contributed by atoms with Gasteiger partial charge in [-0.25, -0.2) is 4.39 Å². The van der Waals surface area contributed by atoms with Crippen molar-refractivity contribution in [3.8, 4) is 44.5 Å². The quantitative estimate of drug-likeness (QED) is 0.205. The number of aromatic nitrogens is 1. The number of benzene rings is 5. The van der Waals surface area contributed by atoms with Crippen LogP contribution in [0.2, 0.25) is 19.6 Å². The van der Waals surface area contributed by atoms with Gasteiger partial charge in [-0.15, -0.1) is 0 Å². The number of pyridine rings is 1. The third-order valence-electron chi connectivity index (χ3n) is 7.38. The summed E-state index contributed by atoms with van der Waals surface area (Å²) < 4.78 is 13.3. The van der Waals surface area contributed by atoms with Crippen LogP contribution in [0.25, 0.3) is 55.4 Å². The first-order chi connectivity index (χ1) is 18.8. The highest BCUT2D eigenvalue weighted by atomic mass is 28.3. The fourth-order valence-corrected chi connectivity index (χ4v) is 6.14. The van der Waals surface area contributed by atoms with Crippen molar-refractivity contribution < 1.29 is 4.39 Å². The average Bonchev–Trinajstić information content (AvgIpc) is 2.97. The van der Waals surface area contributed by atoms with Crippen molar-refractivity contribution in [2.24, 2.45) is 0 Å². The standard InChI is InChI=1S/C36H30FNSi/c1-39(2,3)35-20-16-28(17-21-35)26-6-10-30(11-7-26)33-22-32-13-12-31(23-36(32)38-24-33)29-8-4-25(5-9-29)27-14-18-34(37)19-15-27/h4-24H,1-3H3. The number of rotatable bonds is 5. The largest absolute Gasteiger partial charge is 0.256 e. The molecule has 6 rings (SSSR count). The number of nitrogens with zero attached hydrogens (tertiary/aromatic N) is 1. The fraction of sp³-hybridized carbons (Fsp3) is 0.0833. The van der Waals surface area contributed by atoms with E-state index in [9.17, 15) is 4.39 Å². The van der Waals surface area contributed by atoms with E-state index in [4.69, 9.17) is 4.98 Å². The Morgan fingerprint density at radius 2 is 0.872 bits per heavy atom. The first-order valence-electron chi connectivity index (χ1n) is 13.3. The predicted molar refractivity (Wildman–Crippen MR) is 166 cm³/mol. The third-order valence-corrected chi connectivity index (χ3v) is 9.45. The number of halogens is 1. The van der Waals surface area contributed by atoms with E-state index < -0.39 is 8.07 Å². The zero-order valence-electron chi connectivity index (χ0n) is 22.4. The summed E-state index contributed by atoms with van der Waals surface area (Å²) in [6, 6.07) is 41.4. The van der Waals surface area contributed by atoms with E-state index in [-0.39, 0.29) is 5.82 Å². The van der Waals surface area contributed by atoms with Gasteiger partial charge in [-0.05, 0) is 63.2 Å². The van der Waals surface area contributed by atoms with E-state index >= 15 is 0 Å². The molecular weight excluding hydrogens is 493 g/mol. The Bertz CT molecular complexity index is 1750. The lowest BCUT2D eigenvalue weighted by Crippen LogP contribution is -2.37. The topological polar surface area (TPSA) is 12.9 Å². The normalized spacial score (nSPS) is 11.6. The second-order valence-electron chi connectivity index (χ2n) is 11.1. The molecule has 0 atom stereocenters. The minimum absolute atomic E-state index is 0.220. The van der Waals surface area contributed by atoms with Crippen molar-refractivity contribution in [1.82, 2.24) is 4.98 Å². The Hall–Kier alpha value is -4.34. The second kappa shape index (κ2) is 10.1. The smallest absolute Gasteiger partial charge is 0.123 e. The van der Waals surface area contributed by atoms with Crippen LogP contribution in [0.1, 0.15) is 0 Å². The van der Waals surface area contributed by atoms with Crippen LogP contribution in [0.5, 0.6) is 0 Å². The highest BCUT2D eigenvalue weighted by Crippen LogP contribution is 2.30. The minimum Gasteiger partial charge on any atom is -0.256 e. The van der Waals surface area contributed by atoms with Gasteiger partial charge in [-0.1, -0.05) is 122 Å². The summed E-state index contributed by atoms with van der Waals surface area (Å²) in [6.45, 7) is 7.14. The molecule has 1 aromatic heterocycles. The molecule has 1 heterocycles. The minimum atomic E-state index is -1.29. The van der Waals surface area contributed by atoms with Crippen molar-refractivity contribution in [1.29, 1.82) is 0 Å². The molecule has 6 aromatic rings. The number of hydrogen-bond acceptors (Lipinski definition) is 1. The molecule has 0 unspecified atom stereocenters. The molecule has 5 aromatic carbocycles.